The molecule has 7 nitrogen and oxygen atoms in total. The molecule has 0 atom stereocenters. The number of aromatic nitrogens is 3. The minimum Gasteiger partial charge on any atom is -0.495 e. The molecule has 0 saturated carbocycles. The van der Waals surface area contributed by atoms with E-state index >= 15 is 0 Å². The Balaban J connectivity index is 1.53. The van der Waals surface area contributed by atoms with Crippen molar-refractivity contribution in [3.8, 4) is 17.1 Å². The lowest BCUT2D eigenvalue weighted by Crippen LogP contribution is -2.21. The van der Waals surface area contributed by atoms with Gasteiger partial charge in [0.25, 0.3) is 0 Å². The summed E-state index contributed by atoms with van der Waals surface area (Å²) in [5.74, 6) is 0.891. The number of hydrogen-bond acceptors (Lipinski definition) is 4. The van der Waals surface area contributed by atoms with Gasteiger partial charge in [0, 0.05) is 42.6 Å². The highest BCUT2D eigenvalue weighted by molar-refractivity contribution is 6.01. The first-order valence-electron chi connectivity index (χ1n) is 10.6. The molecule has 0 bridgehead atoms. The largest absolute Gasteiger partial charge is 0.495 e. The van der Waals surface area contributed by atoms with Crippen LogP contribution in [0.15, 0.2) is 73.3 Å². The lowest BCUT2D eigenvalue weighted by atomic mass is 10.1. The van der Waals surface area contributed by atoms with Gasteiger partial charge in [-0.25, -0.2) is 9.78 Å². The number of alkyl halides is 3. The number of halogens is 3. The Morgan fingerprint density at radius 3 is 2.49 bits per heavy atom. The first kappa shape index (κ1) is 23.8. The number of benzene rings is 2. The maximum absolute atomic E-state index is 13.1. The van der Waals surface area contributed by atoms with Crippen molar-refractivity contribution in [1.29, 1.82) is 0 Å². The zero-order chi connectivity index (χ0) is 25.0. The van der Waals surface area contributed by atoms with E-state index in [0.717, 1.165) is 40.7 Å². The molecule has 4 aromatic rings. The van der Waals surface area contributed by atoms with Crippen LogP contribution in [0, 0.1) is 6.92 Å². The Hall–Kier alpha value is -4.34. The molecule has 0 saturated heterocycles. The third-order valence-corrected chi connectivity index (χ3v) is 5.46. The topological polar surface area (TPSA) is 81.1 Å². The van der Waals surface area contributed by atoms with Gasteiger partial charge < -0.3 is 19.9 Å². The standard InChI is InChI=1S/C25H22F3N5O2/c1-16-18(15-33-13-12-30-23(33)17-8-10-29-11-9-17)4-3-5-20(16)31-24(34)32-21-14-19(25(26,27)28)6-7-22(21)35-2/h3-14H,15H2,1-2H3,(H2,31,32,34). The average Bonchev–Trinajstić information content (AvgIpc) is 3.30. The van der Waals surface area contributed by atoms with Crippen LogP contribution in [0.4, 0.5) is 29.3 Å². The highest BCUT2D eigenvalue weighted by atomic mass is 19.4. The van der Waals surface area contributed by atoms with Gasteiger partial charge in [-0.05, 0) is 54.4 Å². The van der Waals surface area contributed by atoms with Crippen LogP contribution in [0.3, 0.4) is 0 Å². The number of imidazole rings is 1. The Labute approximate surface area is 199 Å². The number of pyridine rings is 1. The molecule has 35 heavy (non-hydrogen) atoms. The van der Waals surface area contributed by atoms with Gasteiger partial charge in [-0.15, -0.1) is 0 Å². The molecular weight excluding hydrogens is 459 g/mol. The number of anilines is 2. The van der Waals surface area contributed by atoms with E-state index in [-0.39, 0.29) is 11.4 Å². The van der Waals surface area contributed by atoms with Gasteiger partial charge in [-0.3, -0.25) is 4.98 Å². The summed E-state index contributed by atoms with van der Waals surface area (Å²) in [4.78, 5) is 21.1. The van der Waals surface area contributed by atoms with Crippen LogP contribution in [0.5, 0.6) is 5.75 Å². The molecule has 180 valence electrons. The van der Waals surface area contributed by atoms with Gasteiger partial charge in [0.1, 0.15) is 11.6 Å². The van der Waals surface area contributed by atoms with Crippen LogP contribution < -0.4 is 15.4 Å². The maximum Gasteiger partial charge on any atom is 0.416 e. The molecule has 0 radical (unpaired) electrons. The number of rotatable bonds is 6. The second kappa shape index (κ2) is 9.88. The molecule has 0 aliphatic carbocycles. The van der Waals surface area contributed by atoms with E-state index in [1.165, 1.54) is 7.11 Å². The van der Waals surface area contributed by atoms with Gasteiger partial charge >= 0.3 is 12.2 Å². The van der Waals surface area contributed by atoms with Gasteiger partial charge in [0.05, 0.1) is 18.4 Å². The molecule has 2 aromatic heterocycles. The quantitative estimate of drug-likeness (QED) is 0.355. The zero-order valence-corrected chi connectivity index (χ0v) is 18.9. The highest BCUT2D eigenvalue weighted by Crippen LogP contribution is 2.35. The lowest BCUT2D eigenvalue weighted by Gasteiger charge is -2.16. The monoisotopic (exact) mass is 481 g/mol. The molecule has 4 rings (SSSR count). The molecule has 0 fully saturated rings. The number of amides is 2. The summed E-state index contributed by atoms with van der Waals surface area (Å²) in [6, 6.07) is 11.4. The van der Waals surface area contributed by atoms with Crippen molar-refractivity contribution in [2.24, 2.45) is 0 Å². The summed E-state index contributed by atoms with van der Waals surface area (Å²) in [7, 11) is 1.32. The molecule has 0 aliphatic rings. The number of hydrogen-bond donors (Lipinski definition) is 2. The Morgan fingerprint density at radius 1 is 1.03 bits per heavy atom. The number of ether oxygens (including phenoxy) is 1. The van der Waals surface area contributed by atoms with Crippen molar-refractivity contribution in [3.05, 3.63) is 90.0 Å². The first-order chi connectivity index (χ1) is 16.8. The summed E-state index contributed by atoms with van der Waals surface area (Å²) >= 11 is 0. The van der Waals surface area contributed by atoms with Crippen LogP contribution in [0.2, 0.25) is 0 Å². The van der Waals surface area contributed by atoms with Gasteiger partial charge in [-0.1, -0.05) is 12.1 Å². The average molecular weight is 481 g/mol. The number of urea groups is 1. The van der Waals surface area contributed by atoms with E-state index in [1.54, 1.807) is 30.7 Å². The SMILES string of the molecule is COc1ccc(C(F)(F)F)cc1NC(=O)Nc1cccc(Cn2ccnc2-c2ccncc2)c1C. The fourth-order valence-corrected chi connectivity index (χ4v) is 3.63. The van der Waals surface area contributed by atoms with Crippen molar-refractivity contribution in [3.63, 3.8) is 0 Å². The minimum absolute atomic E-state index is 0.0889. The van der Waals surface area contributed by atoms with Crippen LogP contribution >= 0.6 is 0 Å². The molecular formula is C25H22F3N5O2. The smallest absolute Gasteiger partial charge is 0.416 e. The Bertz CT molecular complexity index is 1340. The molecule has 0 spiro atoms. The summed E-state index contributed by atoms with van der Waals surface area (Å²) < 4.78 is 46.4. The third kappa shape index (κ3) is 5.43. The van der Waals surface area contributed by atoms with Crippen molar-refractivity contribution >= 4 is 17.4 Å². The van der Waals surface area contributed by atoms with Crippen LogP contribution in [0.25, 0.3) is 11.4 Å². The summed E-state index contributed by atoms with van der Waals surface area (Å²) in [5, 5.41) is 5.16. The van der Waals surface area contributed by atoms with Gasteiger partial charge in [0.2, 0.25) is 0 Å². The van der Waals surface area contributed by atoms with E-state index in [0.29, 0.717) is 12.2 Å². The van der Waals surface area contributed by atoms with Gasteiger partial charge in [0.15, 0.2) is 0 Å². The number of carbonyl (C=O) groups is 1. The first-order valence-corrected chi connectivity index (χ1v) is 10.6. The Kier molecular flexibility index (Phi) is 6.72. The third-order valence-electron chi connectivity index (χ3n) is 5.46. The van der Waals surface area contributed by atoms with Crippen molar-refractivity contribution < 1.29 is 22.7 Å². The second-order valence-corrected chi connectivity index (χ2v) is 7.70. The predicted molar refractivity (Wildman–Crippen MR) is 126 cm³/mol. The summed E-state index contributed by atoms with van der Waals surface area (Å²) in [6.07, 6.45) is 2.42. The molecule has 0 aliphatic heterocycles. The summed E-state index contributed by atoms with van der Waals surface area (Å²) in [5.41, 5.74) is 2.22. The van der Waals surface area contributed by atoms with E-state index < -0.39 is 17.8 Å². The number of carbonyl (C=O) groups excluding carboxylic acids is 1. The van der Waals surface area contributed by atoms with E-state index in [9.17, 15) is 18.0 Å². The van der Waals surface area contributed by atoms with Gasteiger partial charge in [-0.2, -0.15) is 13.2 Å². The van der Waals surface area contributed by atoms with Crippen LogP contribution in [-0.4, -0.2) is 27.7 Å². The van der Waals surface area contributed by atoms with Crippen LogP contribution in [0.1, 0.15) is 16.7 Å². The van der Waals surface area contributed by atoms with E-state index in [4.69, 9.17) is 4.74 Å². The highest BCUT2D eigenvalue weighted by Gasteiger charge is 2.31. The summed E-state index contributed by atoms with van der Waals surface area (Å²) in [6.45, 7) is 2.36. The minimum atomic E-state index is -4.55. The molecule has 2 heterocycles. The normalized spacial score (nSPS) is 11.2. The van der Waals surface area contributed by atoms with Crippen LogP contribution in [-0.2, 0) is 12.7 Å². The fraction of sp³-hybridized carbons (Fsp3) is 0.160. The number of nitrogens with one attached hydrogen (secondary N) is 2. The molecule has 2 N–H and O–H groups in total. The number of nitrogens with zero attached hydrogens (tertiary/aromatic N) is 3. The Morgan fingerprint density at radius 2 is 1.77 bits per heavy atom. The second-order valence-electron chi connectivity index (χ2n) is 7.70. The predicted octanol–water partition coefficient (Wildman–Crippen LogP) is 5.97. The molecule has 2 amide bonds. The van der Waals surface area contributed by atoms with E-state index in [1.807, 2.05) is 35.9 Å². The maximum atomic E-state index is 13.1. The van der Waals surface area contributed by atoms with E-state index in [2.05, 4.69) is 20.6 Å². The molecule has 2 aromatic carbocycles. The fourth-order valence-electron chi connectivity index (χ4n) is 3.63. The van der Waals surface area contributed by atoms with Crippen molar-refractivity contribution in [2.45, 2.75) is 19.6 Å². The molecule has 10 heteroatoms. The number of methoxy groups -OCH3 is 1. The van der Waals surface area contributed by atoms with Crippen molar-refractivity contribution in [2.75, 3.05) is 17.7 Å². The lowest BCUT2D eigenvalue weighted by molar-refractivity contribution is -0.137. The van der Waals surface area contributed by atoms with Crippen molar-refractivity contribution in [1.82, 2.24) is 14.5 Å². The zero-order valence-electron chi connectivity index (χ0n) is 18.9. The molecule has 0 unspecified atom stereocenters.